The molecule has 0 amide bonds. The zero-order valence-electron chi connectivity index (χ0n) is 8.25. The monoisotopic (exact) mass is 196 g/mol. The number of hydrogen-bond donors (Lipinski definition) is 4. The molecule has 0 saturated carbocycles. The third kappa shape index (κ3) is 3.90. The summed E-state index contributed by atoms with van der Waals surface area (Å²) in [6, 6.07) is 1.93. The van der Waals surface area contributed by atoms with Gasteiger partial charge in [0.15, 0.2) is 5.96 Å². The van der Waals surface area contributed by atoms with Crippen LogP contribution in [0.5, 0.6) is 0 Å². The highest BCUT2D eigenvalue weighted by atomic mass is 15.1. The highest BCUT2D eigenvalue weighted by Crippen LogP contribution is 1.88. The molecule has 0 atom stereocenters. The van der Waals surface area contributed by atoms with Gasteiger partial charge in [-0.05, 0) is 6.07 Å². The topological polar surface area (TPSA) is 91.1 Å². The van der Waals surface area contributed by atoms with Crippen LogP contribution in [0.1, 0.15) is 5.69 Å². The molecule has 1 aromatic rings. The first-order valence-electron chi connectivity index (χ1n) is 4.48. The fourth-order valence-corrected chi connectivity index (χ4v) is 0.964. The predicted molar refractivity (Wildman–Crippen MR) is 55.8 cm³/mol. The van der Waals surface area contributed by atoms with Crippen LogP contribution in [-0.2, 0) is 6.54 Å². The highest BCUT2D eigenvalue weighted by Gasteiger charge is 1.92. The summed E-state index contributed by atoms with van der Waals surface area (Å²) in [6.07, 6.45) is 1.73. The van der Waals surface area contributed by atoms with Gasteiger partial charge in [-0.1, -0.05) is 0 Å². The van der Waals surface area contributed by atoms with Gasteiger partial charge in [0.05, 0.1) is 0 Å². The molecule has 0 spiro atoms. The van der Waals surface area contributed by atoms with Crippen molar-refractivity contribution in [1.82, 2.24) is 20.8 Å². The molecule has 78 valence electrons. The third-order valence-corrected chi connectivity index (χ3v) is 1.72. The van der Waals surface area contributed by atoms with Gasteiger partial charge in [0, 0.05) is 38.6 Å². The van der Waals surface area contributed by atoms with Crippen molar-refractivity contribution >= 4 is 5.96 Å². The molecule has 0 bridgehead atoms. The lowest BCUT2D eigenvalue weighted by Crippen LogP contribution is -2.36. The molecule has 1 heterocycles. The van der Waals surface area contributed by atoms with Gasteiger partial charge >= 0.3 is 0 Å². The maximum atomic E-state index is 5.44. The van der Waals surface area contributed by atoms with Crippen LogP contribution >= 0.6 is 0 Å². The van der Waals surface area contributed by atoms with Gasteiger partial charge in [0.2, 0.25) is 0 Å². The first kappa shape index (κ1) is 10.5. The smallest absolute Gasteiger partial charge is 0.188 e. The van der Waals surface area contributed by atoms with E-state index < -0.39 is 0 Å². The summed E-state index contributed by atoms with van der Waals surface area (Å²) in [5.41, 5.74) is 6.52. The van der Waals surface area contributed by atoms with Crippen molar-refractivity contribution in [1.29, 1.82) is 0 Å². The van der Waals surface area contributed by atoms with Gasteiger partial charge in [-0.25, -0.2) is 0 Å². The number of nitrogens with one attached hydrogen (secondary N) is 3. The Labute approximate surface area is 83.0 Å². The minimum Gasteiger partial charge on any atom is -0.370 e. The Kier molecular flexibility index (Phi) is 4.49. The molecule has 0 aliphatic heterocycles. The molecule has 14 heavy (non-hydrogen) atoms. The number of aromatic nitrogens is 2. The second-order valence-corrected chi connectivity index (χ2v) is 2.79. The molecule has 6 nitrogen and oxygen atoms in total. The van der Waals surface area contributed by atoms with E-state index in [9.17, 15) is 0 Å². The maximum absolute atomic E-state index is 5.44. The van der Waals surface area contributed by atoms with Crippen molar-refractivity contribution in [3.05, 3.63) is 18.0 Å². The Morgan fingerprint density at radius 1 is 1.64 bits per heavy atom. The molecular formula is C8H16N6. The molecule has 1 aromatic heterocycles. The summed E-state index contributed by atoms with van der Waals surface area (Å²) in [6.45, 7) is 2.37. The maximum Gasteiger partial charge on any atom is 0.188 e. The zero-order chi connectivity index (χ0) is 10.2. The van der Waals surface area contributed by atoms with Crippen LogP contribution in [0.3, 0.4) is 0 Å². The second-order valence-electron chi connectivity index (χ2n) is 2.79. The van der Waals surface area contributed by atoms with Crippen molar-refractivity contribution in [2.75, 3.05) is 20.1 Å². The number of aromatic amines is 1. The summed E-state index contributed by atoms with van der Waals surface area (Å²) in [7, 11) is 1.65. The standard InChI is InChI=1S/C8H16N6/c1-10-8(9)12-5-4-11-6-7-2-3-13-14-7/h2-3,11H,4-6H2,1H3,(H,13,14)(H3,9,10,12). The summed E-state index contributed by atoms with van der Waals surface area (Å²) >= 11 is 0. The second kappa shape index (κ2) is 5.98. The molecule has 0 aromatic carbocycles. The summed E-state index contributed by atoms with van der Waals surface area (Å²) in [4.78, 5) is 3.78. The molecular weight excluding hydrogens is 180 g/mol. The van der Waals surface area contributed by atoms with E-state index in [0.717, 1.165) is 25.3 Å². The average Bonchev–Trinajstić information content (AvgIpc) is 2.69. The van der Waals surface area contributed by atoms with E-state index in [0.29, 0.717) is 5.96 Å². The number of aliphatic imine (C=N–C) groups is 1. The zero-order valence-corrected chi connectivity index (χ0v) is 8.25. The Hall–Kier alpha value is -1.56. The lowest BCUT2D eigenvalue weighted by atomic mass is 10.4. The SMILES string of the molecule is CN=C(N)NCCNCc1ccn[nH]1. The van der Waals surface area contributed by atoms with E-state index in [1.54, 1.807) is 13.2 Å². The third-order valence-electron chi connectivity index (χ3n) is 1.72. The van der Waals surface area contributed by atoms with Crippen LogP contribution in [0.15, 0.2) is 17.3 Å². The molecule has 0 aliphatic rings. The minimum absolute atomic E-state index is 0.466. The van der Waals surface area contributed by atoms with Crippen LogP contribution in [0.2, 0.25) is 0 Å². The molecule has 1 rings (SSSR count). The highest BCUT2D eigenvalue weighted by molar-refractivity contribution is 5.77. The van der Waals surface area contributed by atoms with Crippen LogP contribution in [0.4, 0.5) is 0 Å². The first-order chi connectivity index (χ1) is 6.83. The Balaban J connectivity index is 2.00. The van der Waals surface area contributed by atoms with Gasteiger partial charge in [-0.15, -0.1) is 0 Å². The van der Waals surface area contributed by atoms with Crippen LogP contribution in [0, 0.1) is 0 Å². The normalized spacial score (nSPS) is 11.6. The predicted octanol–water partition coefficient (Wildman–Crippen LogP) is -0.967. The summed E-state index contributed by atoms with van der Waals surface area (Å²) < 4.78 is 0. The number of rotatable bonds is 5. The van der Waals surface area contributed by atoms with E-state index in [2.05, 4.69) is 25.8 Å². The largest absolute Gasteiger partial charge is 0.370 e. The van der Waals surface area contributed by atoms with Gasteiger partial charge < -0.3 is 16.4 Å². The van der Waals surface area contributed by atoms with E-state index in [1.807, 2.05) is 6.07 Å². The van der Waals surface area contributed by atoms with E-state index in [1.165, 1.54) is 0 Å². The van der Waals surface area contributed by atoms with Crippen LogP contribution in [0.25, 0.3) is 0 Å². The number of guanidine groups is 1. The van der Waals surface area contributed by atoms with Gasteiger partial charge in [-0.3, -0.25) is 10.1 Å². The molecule has 0 saturated heterocycles. The number of nitrogens with two attached hydrogens (primary N) is 1. The number of H-pyrrole nitrogens is 1. The van der Waals surface area contributed by atoms with Crippen molar-refractivity contribution in [3.63, 3.8) is 0 Å². The molecule has 0 fully saturated rings. The van der Waals surface area contributed by atoms with Crippen molar-refractivity contribution in [2.24, 2.45) is 10.7 Å². The lowest BCUT2D eigenvalue weighted by molar-refractivity contribution is 0.659. The molecule has 0 radical (unpaired) electrons. The molecule has 0 unspecified atom stereocenters. The Bertz CT molecular complexity index is 265. The van der Waals surface area contributed by atoms with E-state index in [4.69, 9.17) is 5.73 Å². The number of hydrogen-bond acceptors (Lipinski definition) is 3. The summed E-state index contributed by atoms with van der Waals surface area (Å²) in [5.74, 6) is 0.466. The minimum atomic E-state index is 0.466. The first-order valence-corrected chi connectivity index (χ1v) is 4.48. The van der Waals surface area contributed by atoms with Gasteiger partial charge in [-0.2, -0.15) is 5.10 Å². The van der Waals surface area contributed by atoms with Gasteiger partial charge in [0.1, 0.15) is 0 Å². The quantitative estimate of drug-likeness (QED) is 0.277. The lowest BCUT2D eigenvalue weighted by Gasteiger charge is -2.05. The van der Waals surface area contributed by atoms with Gasteiger partial charge in [0.25, 0.3) is 0 Å². The molecule has 0 aliphatic carbocycles. The van der Waals surface area contributed by atoms with E-state index in [-0.39, 0.29) is 0 Å². The van der Waals surface area contributed by atoms with Crippen molar-refractivity contribution in [3.8, 4) is 0 Å². The van der Waals surface area contributed by atoms with Crippen molar-refractivity contribution < 1.29 is 0 Å². The number of nitrogens with zero attached hydrogens (tertiary/aromatic N) is 2. The average molecular weight is 196 g/mol. The Morgan fingerprint density at radius 2 is 2.50 bits per heavy atom. The van der Waals surface area contributed by atoms with Crippen LogP contribution in [-0.4, -0.2) is 36.3 Å². The van der Waals surface area contributed by atoms with Crippen LogP contribution < -0.4 is 16.4 Å². The Morgan fingerprint density at radius 3 is 3.14 bits per heavy atom. The molecule has 5 N–H and O–H groups in total. The van der Waals surface area contributed by atoms with Crippen molar-refractivity contribution in [2.45, 2.75) is 6.54 Å². The van der Waals surface area contributed by atoms with E-state index >= 15 is 0 Å². The summed E-state index contributed by atoms with van der Waals surface area (Å²) in [5, 5.41) is 12.9. The fraction of sp³-hybridized carbons (Fsp3) is 0.500. The fourth-order valence-electron chi connectivity index (χ4n) is 0.964. The molecule has 6 heteroatoms.